The zero-order valence-corrected chi connectivity index (χ0v) is 22.7. The Morgan fingerprint density at radius 2 is 1.92 bits per heavy atom. The number of nitrogens with one attached hydrogen (secondary N) is 3. The van der Waals surface area contributed by atoms with E-state index in [9.17, 15) is 9.59 Å². The number of rotatable bonds is 8. The summed E-state index contributed by atoms with van der Waals surface area (Å²) in [5, 5.41) is 9.80. The number of fused-ring (bicyclic) bond motifs is 1. The van der Waals surface area contributed by atoms with E-state index in [-0.39, 0.29) is 23.8 Å². The number of benzene rings is 1. The monoisotopic (exact) mass is 529 g/mol. The van der Waals surface area contributed by atoms with E-state index in [0.717, 1.165) is 50.9 Å². The van der Waals surface area contributed by atoms with Gasteiger partial charge in [0.1, 0.15) is 10.8 Å². The quantitative estimate of drug-likeness (QED) is 0.478. The Kier molecular flexibility index (Phi) is 8.71. The van der Waals surface area contributed by atoms with Crippen LogP contribution in [0.25, 0.3) is 0 Å². The van der Waals surface area contributed by atoms with Gasteiger partial charge in [0.2, 0.25) is 17.8 Å². The van der Waals surface area contributed by atoms with E-state index in [2.05, 4.69) is 43.0 Å². The molecule has 1 fully saturated rings. The number of anilines is 3. The van der Waals surface area contributed by atoms with Gasteiger partial charge in [-0.25, -0.2) is 4.98 Å². The third-order valence-electron chi connectivity index (χ3n) is 7.19. The number of methoxy groups -OCH3 is 1. The predicted octanol–water partition coefficient (Wildman–Crippen LogP) is 2.70. The fourth-order valence-electron chi connectivity index (χ4n) is 5.02. The van der Waals surface area contributed by atoms with Gasteiger partial charge in [-0.2, -0.15) is 4.98 Å². The van der Waals surface area contributed by atoms with E-state index in [1.807, 2.05) is 0 Å². The average Bonchev–Trinajstić information content (AvgIpc) is 3.26. The molecule has 1 aromatic carbocycles. The molecule has 1 saturated carbocycles. The van der Waals surface area contributed by atoms with Crippen molar-refractivity contribution in [2.45, 2.75) is 38.1 Å². The molecule has 0 unspecified atom stereocenters. The van der Waals surface area contributed by atoms with Crippen LogP contribution in [0.15, 0.2) is 18.3 Å². The molecule has 0 spiro atoms. The number of carbonyl (C=O) groups is 2. The van der Waals surface area contributed by atoms with E-state index < -0.39 is 0 Å². The van der Waals surface area contributed by atoms with Crippen molar-refractivity contribution in [3.8, 4) is 5.75 Å². The normalized spacial score (nSPS) is 19.5. The minimum absolute atomic E-state index is 0.0258. The molecule has 1 aliphatic heterocycles. The zero-order valence-electron chi connectivity index (χ0n) is 21.9. The number of hydrogen-bond acceptors (Lipinski definition) is 8. The lowest BCUT2D eigenvalue weighted by Gasteiger charge is -2.21. The van der Waals surface area contributed by atoms with Gasteiger partial charge in [0.05, 0.1) is 31.5 Å². The molecule has 0 radical (unpaired) electrons. The summed E-state index contributed by atoms with van der Waals surface area (Å²) in [5.41, 5.74) is 3.18. The molecule has 10 nitrogen and oxygen atoms in total. The van der Waals surface area contributed by atoms with Crippen molar-refractivity contribution in [1.82, 2.24) is 25.1 Å². The van der Waals surface area contributed by atoms with Gasteiger partial charge in [-0.1, -0.05) is 18.0 Å². The molecule has 1 aromatic heterocycles. The Morgan fingerprint density at radius 1 is 1.19 bits per heavy atom. The summed E-state index contributed by atoms with van der Waals surface area (Å²) in [6.45, 7) is 2.03. The van der Waals surface area contributed by atoms with Gasteiger partial charge in [-0.05, 0) is 48.9 Å². The average molecular weight is 530 g/mol. The van der Waals surface area contributed by atoms with Crippen molar-refractivity contribution in [2.75, 3.05) is 58.5 Å². The highest BCUT2D eigenvalue weighted by Gasteiger charge is 2.33. The SMILES string of the molecule is CNC(=O)[C@H]1CCC[C@H]1Nc1nc(Nc2cc3c(cc2OC)CCN(CC(=O)N(C)C)CC3)ncc1Cl. The third kappa shape index (κ3) is 6.42. The molecule has 4 rings (SSSR count). The zero-order chi connectivity index (χ0) is 26.5. The molecule has 2 amide bonds. The maximum atomic E-state index is 12.3. The molecule has 11 heteroatoms. The molecule has 2 aliphatic rings. The molecule has 2 atom stereocenters. The van der Waals surface area contributed by atoms with E-state index in [0.29, 0.717) is 29.1 Å². The van der Waals surface area contributed by atoms with Gasteiger partial charge in [-0.15, -0.1) is 0 Å². The second kappa shape index (κ2) is 12.0. The summed E-state index contributed by atoms with van der Waals surface area (Å²) in [6.07, 6.45) is 5.89. The Hall–Kier alpha value is -3.11. The third-order valence-corrected chi connectivity index (χ3v) is 7.46. The van der Waals surface area contributed by atoms with Gasteiger partial charge in [0.25, 0.3) is 0 Å². The van der Waals surface area contributed by atoms with Crippen molar-refractivity contribution in [1.29, 1.82) is 0 Å². The highest BCUT2D eigenvalue weighted by Crippen LogP contribution is 2.34. The topological polar surface area (TPSA) is 112 Å². The van der Waals surface area contributed by atoms with Gasteiger partial charge in [-0.3, -0.25) is 14.5 Å². The molecule has 2 aromatic rings. The van der Waals surface area contributed by atoms with E-state index >= 15 is 0 Å². The number of halogens is 1. The van der Waals surface area contributed by atoms with E-state index in [1.165, 1.54) is 11.1 Å². The fraction of sp³-hybridized carbons (Fsp3) is 0.538. The molecule has 0 saturated heterocycles. The van der Waals surface area contributed by atoms with E-state index in [1.54, 1.807) is 39.3 Å². The largest absolute Gasteiger partial charge is 0.495 e. The second-order valence-corrected chi connectivity index (χ2v) is 10.2. The minimum Gasteiger partial charge on any atom is -0.495 e. The summed E-state index contributed by atoms with van der Waals surface area (Å²) in [6, 6.07) is 4.09. The molecule has 2 heterocycles. The lowest BCUT2D eigenvalue weighted by molar-refractivity contribution is -0.130. The highest BCUT2D eigenvalue weighted by molar-refractivity contribution is 6.32. The van der Waals surface area contributed by atoms with Gasteiger partial charge in [0, 0.05) is 40.3 Å². The maximum absolute atomic E-state index is 12.3. The standard InChI is InChI=1S/C26H36ClN7O3/c1-28-25(36)18-6-5-7-20(18)30-24-19(27)14-29-26(32-24)31-21-12-16-8-10-34(15-23(35)33(2)3)11-9-17(16)13-22(21)37-4/h12-14,18,20H,5-11,15H2,1-4H3,(H,28,36)(H2,29,30,31,32)/t18-,20+/m0/s1. The molecule has 200 valence electrons. The van der Waals surface area contributed by atoms with Gasteiger partial charge in [0.15, 0.2) is 5.82 Å². The van der Waals surface area contributed by atoms with Crippen molar-refractivity contribution < 1.29 is 14.3 Å². The highest BCUT2D eigenvalue weighted by atomic mass is 35.5. The number of amides is 2. The molecular formula is C26H36ClN7O3. The fourth-order valence-corrected chi connectivity index (χ4v) is 5.16. The number of ether oxygens (including phenoxy) is 1. The summed E-state index contributed by atoms with van der Waals surface area (Å²) in [5.74, 6) is 1.58. The van der Waals surface area contributed by atoms with Crippen LogP contribution in [0.3, 0.4) is 0 Å². The van der Waals surface area contributed by atoms with Crippen molar-refractivity contribution in [2.24, 2.45) is 5.92 Å². The number of hydrogen-bond donors (Lipinski definition) is 3. The summed E-state index contributed by atoms with van der Waals surface area (Å²) in [4.78, 5) is 37.2. The van der Waals surface area contributed by atoms with Crippen LogP contribution in [0.4, 0.5) is 17.5 Å². The molecular weight excluding hydrogens is 494 g/mol. The Morgan fingerprint density at radius 3 is 2.59 bits per heavy atom. The first-order chi connectivity index (χ1) is 17.8. The smallest absolute Gasteiger partial charge is 0.236 e. The van der Waals surface area contributed by atoms with Crippen LogP contribution in [0.2, 0.25) is 5.02 Å². The Labute approximate surface area is 223 Å². The minimum atomic E-state index is -0.121. The lowest BCUT2D eigenvalue weighted by Crippen LogP contribution is -2.37. The van der Waals surface area contributed by atoms with Gasteiger partial charge >= 0.3 is 0 Å². The lowest BCUT2D eigenvalue weighted by atomic mass is 10.0. The van der Waals surface area contributed by atoms with Crippen LogP contribution in [0, 0.1) is 5.92 Å². The van der Waals surface area contributed by atoms with Crippen LogP contribution in [-0.4, -0.2) is 85.5 Å². The molecule has 37 heavy (non-hydrogen) atoms. The summed E-state index contributed by atoms with van der Waals surface area (Å²) >= 11 is 6.41. The molecule has 0 bridgehead atoms. The number of likely N-dealkylation sites (N-methyl/N-ethyl adjacent to an activating group) is 1. The van der Waals surface area contributed by atoms with Crippen LogP contribution in [0.5, 0.6) is 5.75 Å². The Balaban J connectivity index is 1.50. The second-order valence-electron chi connectivity index (χ2n) is 9.80. The molecule has 3 N–H and O–H groups in total. The van der Waals surface area contributed by atoms with Crippen LogP contribution in [-0.2, 0) is 22.4 Å². The predicted molar refractivity (Wildman–Crippen MR) is 145 cm³/mol. The van der Waals surface area contributed by atoms with Crippen molar-refractivity contribution in [3.63, 3.8) is 0 Å². The van der Waals surface area contributed by atoms with Crippen LogP contribution >= 0.6 is 11.6 Å². The summed E-state index contributed by atoms with van der Waals surface area (Å²) < 4.78 is 5.68. The number of carbonyl (C=O) groups excluding carboxylic acids is 2. The first-order valence-electron chi connectivity index (χ1n) is 12.7. The molecule has 1 aliphatic carbocycles. The Bertz CT molecular complexity index is 1140. The van der Waals surface area contributed by atoms with Crippen molar-refractivity contribution in [3.05, 3.63) is 34.5 Å². The van der Waals surface area contributed by atoms with Crippen LogP contribution in [0.1, 0.15) is 30.4 Å². The first kappa shape index (κ1) is 26.9. The maximum Gasteiger partial charge on any atom is 0.236 e. The van der Waals surface area contributed by atoms with Crippen LogP contribution < -0.4 is 20.7 Å². The van der Waals surface area contributed by atoms with Crippen molar-refractivity contribution >= 4 is 40.9 Å². The number of nitrogens with zero attached hydrogens (tertiary/aromatic N) is 4. The summed E-state index contributed by atoms with van der Waals surface area (Å²) in [7, 11) is 6.86. The van der Waals surface area contributed by atoms with E-state index in [4.69, 9.17) is 16.3 Å². The number of aromatic nitrogens is 2. The first-order valence-corrected chi connectivity index (χ1v) is 13.1. The van der Waals surface area contributed by atoms with Gasteiger partial charge < -0.3 is 25.6 Å².